The van der Waals surface area contributed by atoms with Gasteiger partial charge in [-0.2, -0.15) is 5.48 Å². The molecule has 0 saturated heterocycles. The van der Waals surface area contributed by atoms with E-state index in [-0.39, 0.29) is 6.61 Å². The maximum absolute atomic E-state index is 9.59. The van der Waals surface area contributed by atoms with Crippen LogP contribution in [-0.2, 0) is 20.9 Å². The fraction of sp³-hybridized carbons (Fsp3) is 0.571. The van der Waals surface area contributed by atoms with Crippen molar-refractivity contribution in [3.63, 3.8) is 0 Å². The molecule has 1 rings (SSSR count). The molecule has 1 aromatic carbocycles. The van der Waals surface area contributed by atoms with Crippen molar-refractivity contribution in [2.24, 2.45) is 0 Å². The molecule has 0 heterocycles. The lowest BCUT2D eigenvalue weighted by molar-refractivity contribution is -0.0299. The summed E-state index contributed by atoms with van der Waals surface area (Å²) in [6, 6.07) is 9.84. The lowest BCUT2D eigenvalue weighted by atomic mass is 10.2. The molecule has 1 atom stereocenters. The van der Waals surface area contributed by atoms with Crippen LogP contribution in [-0.4, -0.2) is 44.2 Å². The summed E-state index contributed by atoms with van der Waals surface area (Å²) in [7, 11) is 0. The molecule has 0 amide bonds. The number of hydrogen-bond acceptors (Lipinski definition) is 5. The Balaban J connectivity index is 1.94. The van der Waals surface area contributed by atoms with Crippen molar-refractivity contribution in [2.45, 2.75) is 19.6 Å². The molecule has 1 aromatic rings. The molecular weight excluding hydrogens is 246 g/mol. The number of hydroxylamine groups is 1. The van der Waals surface area contributed by atoms with Gasteiger partial charge in [0.05, 0.1) is 32.5 Å². The Bertz CT molecular complexity index is 308. The number of rotatable bonds is 11. The zero-order chi connectivity index (χ0) is 13.8. The summed E-state index contributed by atoms with van der Waals surface area (Å²) in [6.45, 7) is 4.75. The molecule has 0 aromatic heterocycles. The quantitative estimate of drug-likeness (QED) is 0.466. The summed E-state index contributed by atoms with van der Waals surface area (Å²) in [5.74, 6) is 0. The lowest BCUT2D eigenvalue weighted by Crippen LogP contribution is -2.30. The van der Waals surface area contributed by atoms with Gasteiger partial charge in [0.15, 0.2) is 0 Å². The van der Waals surface area contributed by atoms with E-state index < -0.39 is 6.10 Å². The first-order valence-corrected chi connectivity index (χ1v) is 6.55. The van der Waals surface area contributed by atoms with E-state index in [1.165, 1.54) is 0 Å². The van der Waals surface area contributed by atoms with Gasteiger partial charge in [-0.3, -0.25) is 4.84 Å². The van der Waals surface area contributed by atoms with Crippen molar-refractivity contribution in [1.29, 1.82) is 0 Å². The van der Waals surface area contributed by atoms with Gasteiger partial charge in [-0.05, 0) is 12.5 Å². The van der Waals surface area contributed by atoms with E-state index in [1.54, 1.807) is 0 Å². The van der Waals surface area contributed by atoms with Crippen LogP contribution in [0, 0.1) is 0 Å². The van der Waals surface area contributed by atoms with Gasteiger partial charge in [0.1, 0.15) is 0 Å². The number of ether oxygens (including phenoxy) is 2. The van der Waals surface area contributed by atoms with Gasteiger partial charge in [-0.25, -0.2) is 0 Å². The molecule has 2 N–H and O–H groups in total. The molecule has 5 nitrogen and oxygen atoms in total. The Morgan fingerprint density at radius 1 is 1.16 bits per heavy atom. The van der Waals surface area contributed by atoms with Gasteiger partial charge < -0.3 is 14.6 Å². The van der Waals surface area contributed by atoms with Crippen LogP contribution in [0.15, 0.2) is 30.3 Å². The van der Waals surface area contributed by atoms with Crippen molar-refractivity contribution in [3.05, 3.63) is 35.9 Å². The molecule has 0 radical (unpaired) electrons. The molecule has 0 aliphatic carbocycles. The van der Waals surface area contributed by atoms with Gasteiger partial charge in [-0.15, -0.1) is 0 Å². The zero-order valence-electron chi connectivity index (χ0n) is 11.4. The molecule has 5 heteroatoms. The van der Waals surface area contributed by atoms with Crippen molar-refractivity contribution in [2.75, 3.05) is 33.0 Å². The highest BCUT2D eigenvalue weighted by molar-refractivity contribution is 5.13. The summed E-state index contributed by atoms with van der Waals surface area (Å²) < 4.78 is 10.4. The summed E-state index contributed by atoms with van der Waals surface area (Å²) in [4.78, 5) is 5.24. The van der Waals surface area contributed by atoms with E-state index in [4.69, 9.17) is 14.3 Å². The van der Waals surface area contributed by atoms with Crippen LogP contribution in [0.1, 0.15) is 12.5 Å². The summed E-state index contributed by atoms with van der Waals surface area (Å²) in [6.07, 6.45) is -0.586. The topological polar surface area (TPSA) is 60.0 Å². The SMILES string of the molecule is CCOCCOCC(O)CNOCc1ccccc1. The average molecular weight is 269 g/mol. The third kappa shape index (κ3) is 8.69. The second-order valence-corrected chi connectivity index (χ2v) is 4.05. The van der Waals surface area contributed by atoms with E-state index in [0.717, 1.165) is 5.56 Å². The molecule has 0 fully saturated rings. The van der Waals surface area contributed by atoms with Crippen LogP contribution in [0.4, 0.5) is 0 Å². The first-order valence-electron chi connectivity index (χ1n) is 6.55. The summed E-state index contributed by atoms with van der Waals surface area (Å²) >= 11 is 0. The van der Waals surface area contributed by atoms with Gasteiger partial charge in [-0.1, -0.05) is 30.3 Å². The first-order chi connectivity index (χ1) is 9.33. The predicted octanol–water partition coefficient (Wildman–Crippen LogP) is 1.12. The maximum atomic E-state index is 9.59. The normalized spacial score (nSPS) is 12.5. The fourth-order valence-electron chi connectivity index (χ4n) is 1.40. The van der Waals surface area contributed by atoms with Crippen LogP contribution >= 0.6 is 0 Å². The number of nitrogens with one attached hydrogen (secondary N) is 1. The third-order valence-electron chi connectivity index (χ3n) is 2.39. The largest absolute Gasteiger partial charge is 0.389 e. The van der Waals surface area contributed by atoms with E-state index in [9.17, 15) is 5.11 Å². The highest BCUT2D eigenvalue weighted by Gasteiger charge is 2.03. The van der Waals surface area contributed by atoms with Gasteiger partial charge in [0.2, 0.25) is 0 Å². The fourth-order valence-corrected chi connectivity index (χ4v) is 1.40. The number of benzene rings is 1. The average Bonchev–Trinajstić information content (AvgIpc) is 2.44. The molecule has 0 spiro atoms. The Hall–Kier alpha value is -0.980. The van der Waals surface area contributed by atoms with Crippen molar-refractivity contribution < 1.29 is 19.4 Å². The maximum Gasteiger partial charge on any atom is 0.0933 e. The van der Waals surface area contributed by atoms with E-state index in [0.29, 0.717) is 33.0 Å². The Labute approximate surface area is 114 Å². The van der Waals surface area contributed by atoms with E-state index >= 15 is 0 Å². The zero-order valence-corrected chi connectivity index (χ0v) is 11.4. The molecule has 0 saturated carbocycles. The van der Waals surface area contributed by atoms with Crippen LogP contribution in [0.5, 0.6) is 0 Å². The standard InChI is InChI=1S/C14H23NO4/c1-2-17-8-9-18-12-14(16)10-15-19-11-13-6-4-3-5-7-13/h3-7,14-16H,2,8-12H2,1H3. The lowest BCUT2D eigenvalue weighted by Gasteiger charge is -2.12. The Kier molecular flexibility index (Phi) is 9.22. The highest BCUT2D eigenvalue weighted by atomic mass is 16.6. The molecule has 0 bridgehead atoms. The first kappa shape index (κ1) is 16.1. The van der Waals surface area contributed by atoms with Crippen LogP contribution in [0.3, 0.4) is 0 Å². The van der Waals surface area contributed by atoms with Gasteiger partial charge in [0.25, 0.3) is 0 Å². The molecule has 19 heavy (non-hydrogen) atoms. The van der Waals surface area contributed by atoms with Gasteiger partial charge in [0, 0.05) is 13.2 Å². The van der Waals surface area contributed by atoms with Gasteiger partial charge >= 0.3 is 0 Å². The molecule has 0 aliphatic rings. The van der Waals surface area contributed by atoms with Crippen LogP contribution in [0.2, 0.25) is 0 Å². The van der Waals surface area contributed by atoms with E-state index in [2.05, 4.69) is 5.48 Å². The predicted molar refractivity (Wildman–Crippen MR) is 72.6 cm³/mol. The molecule has 108 valence electrons. The number of aliphatic hydroxyl groups is 1. The minimum atomic E-state index is -0.586. The second kappa shape index (κ2) is 10.9. The minimum absolute atomic E-state index is 0.273. The molecule has 0 aliphatic heterocycles. The van der Waals surface area contributed by atoms with Crippen molar-refractivity contribution in [3.8, 4) is 0 Å². The Morgan fingerprint density at radius 2 is 1.89 bits per heavy atom. The smallest absolute Gasteiger partial charge is 0.0933 e. The molecule has 1 unspecified atom stereocenters. The summed E-state index contributed by atoms with van der Waals surface area (Å²) in [5.41, 5.74) is 3.81. The Morgan fingerprint density at radius 3 is 2.63 bits per heavy atom. The van der Waals surface area contributed by atoms with Crippen molar-refractivity contribution in [1.82, 2.24) is 5.48 Å². The third-order valence-corrected chi connectivity index (χ3v) is 2.39. The van der Waals surface area contributed by atoms with Crippen LogP contribution in [0.25, 0.3) is 0 Å². The van der Waals surface area contributed by atoms with Crippen molar-refractivity contribution >= 4 is 0 Å². The number of aliphatic hydroxyl groups excluding tert-OH is 1. The summed E-state index contributed by atoms with van der Waals surface area (Å²) in [5, 5.41) is 9.59. The minimum Gasteiger partial charge on any atom is -0.389 e. The van der Waals surface area contributed by atoms with E-state index in [1.807, 2.05) is 37.3 Å². The monoisotopic (exact) mass is 269 g/mol. The molecular formula is C14H23NO4. The highest BCUT2D eigenvalue weighted by Crippen LogP contribution is 1.98. The second-order valence-electron chi connectivity index (χ2n) is 4.05. The van der Waals surface area contributed by atoms with Crippen LogP contribution < -0.4 is 5.48 Å². The number of hydrogen-bond donors (Lipinski definition) is 2.